The molecule has 1 aromatic carbocycles. The van der Waals surface area contributed by atoms with Crippen LogP contribution in [0, 0.1) is 0 Å². The molecule has 1 unspecified atom stereocenters. The van der Waals surface area contributed by atoms with Gasteiger partial charge in [-0.05, 0) is 55.5 Å². The maximum atomic E-state index is 14.6. The molecule has 0 spiro atoms. The van der Waals surface area contributed by atoms with Crippen molar-refractivity contribution in [3.63, 3.8) is 0 Å². The minimum absolute atomic E-state index is 0.340. The summed E-state index contributed by atoms with van der Waals surface area (Å²) < 4.78 is 14.6. The third-order valence-corrected chi connectivity index (χ3v) is 6.58. The topological polar surface area (TPSA) is 78.9 Å². The third kappa shape index (κ3) is 3.94. The van der Waals surface area contributed by atoms with Gasteiger partial charge in [-0.2, -0.15) is 0 Å². The first-order valence-corrected chi connectivity index (χ1v) is 11.8. The Morgan fingerprint density at radius 2 is 1.94 bits per heavy atom. The number of para-hydroxylation sites is 1. The molecule has 172 valence electrons. The quantitative estimate of drug-likeness (QED) is 0.419. The first-order chi connectivity index (χ1) is 16.7. The van der Waals surface area contributed by atoms with Gasteiger partial charge in [0.25, 0.3) is 0 Å². The Morgan fingerprint density at radius 3 is 2.76 bits per heavy atom. The van der Waals surface area contributed by atoms with Gasteiger partial charge in [-0.15, -0.1) is 0 Å². The molecule has 3 aromatic heterocycles. The van der Waals surface area contributed by atoms with Crippen LogP contribution in [0.4, 0.5) is 21.7 Å². The zero-order valence-corrected chi connectivity index (χ0v) is 18.9. The van der Waals surface area contributed by atoms with Gasteiger partial charge in [-0.3, -0.25) is 10.3 Å². The van der Waals surface area contributed by atoms with Crippen molar-refractivity contribution >= 4 is 28.2 Å². The molecule has 4 aromatic rings. The summed E-state index contributed by atoms with van der Waals surface area (Å²) in [6.07, 6.45) is 6.64. The SMILES string of the molecule is C[C@@H]1C(F)NCCN1c1nc(-c2ccnc(Nc3ccccc3)c2)nc2cncc(C3CC3)c12. The molecule has 0 amide bonds. The van der Waals surface area contributed by atoms with Gasteiger partial charge < -0.3 is 10.2 Å². The second-order valence-corrected chi connectivity index (χ2v) is 8.98. The molecule has 2 fully saturated rings. The fraction of sp³-hybridized carbons (Fsp3) is 0.308. The molecular formula is C26H26FN7. The molecule has 34 heavy (non-hydrogen) atoms. The second-order valence-electron chi connectivity index (χ2n) is 8.98. The summed E-state index contributed by atoms with van der Waals surface area (Å²) >= 11 is 0. The van der Waals surface area contributed by atoms with Crippen molar-refractivity contribution < 1.29 is 4.39 Å². The average Bonchev–Trinajstić information content (AvgIpc) is 3.71. The van der Waals surface area contributed by atoms with Crippen LogP contribution < -0.4 is 15.5 Å². The maximum absolute atomic E-state index is 14.6. The van der Waals surface area contributed by atoms with E-state index in [0.29, 0.717) is 30.6 Å². The van der Waals surface area contributed by atoms with E-state index in [-0.39, 0.29) is 6.04 Å². The highest BCUT2D eigenvalue weighted by atomic mass is 19.1. The number of pyridine rings is 2. The zero-order valence-electron chi connectivity index (χ0n) is 18.9. The predicted octanol–water partition coefficient (Wildman–Crippen LogP) is 4.80. The number of rotatable bonds is 5. The second kappa shape index (κ2) is 8.61. The van der Waals surface area contributed by atoms with Gasteiger partial charge in [-0.1, -0.05) is 18.2 Å². The Balaban J connectivity index is 1.47. The molecule has 2 atom stereocenters. The molecular weight excluding hydrogens is 429 g/mol. The van der Waals surface area contributed by atoms with Crippen LogP contribution in [-0.4, -0.2) is 45.4 Å². The average molecular weight is 456 g/mol. The first-order valence-electron chi connectivity index (χ1n) is 11.8. The summed E-state index contributed by atoms with van der Waals surface area (Å²) in [6.45, 7) is 3.14. The van der Waals surface area contributed by atoms with Gasteiger partial charge in [0.15, 0.2) is 12.1 Å². The lowest BCUT2D eigenvalue weighted by molar-refractivity contribution is 0.208. The van der Waals surface area contributed by atoms with Gasteiger partial charge in [0.2, 0.25) is 0 Å². The van der Waals surface area contributed by atoms with Crippen LogP contribution >= 0.6 is 0 Å². The van der Waals surface area contributed by atoms with E-state index in [4.69, 9.17) is 9.97 Å². The number of hydrogen-bond acceptors (Lipinski definition) is 7. The van der Waals surface area contributed by atoms with Crippen molar-refractivity contribution in [2.75, 3.05) is 23.3 Å². The number of piperazine rings is 1. The van der Waals surface area contributed by atoms with Crippen molar-refractivity contribution in [1.82, 2.24) is 25.3 Å². The summed E-state index contributed by atoms with van der Waals surface area (Å²) in [6, 6.07) is 13.4. The summed E-state index contributed by atoms with van der Waals surface area (Å²) in [4.78, 5) is 20.9. The summed E-state index contributed by atoms with van der Waals surface area (Å²) in [5.74, 6) is 2.55. The molecule has 1 aliphatic heterocycles. The van der Waals surface area contributed by atoms with Crippen molar-refractivity contribution in [3.8, 4) is 11.4 Å². The van der Waals surface area contributed by atoms with Crippen LogP contribution in [0.3, 0.4) is 0 Å². The van der Waals surface area contributed by atoms with E-state index in [9.17, 15) is 4.39 Å². The van der Waals surface area contributed by atoms with E-state index in [0.717, 1.165) is 40.8 Å². The molecule has 0 bridgehead atoms. The van der Waals surface area contributed by atoms with Crippen molar-refractivity contribution in [1.29, 1.82) is 0 Å². The number of anilines is 3. The summed E-state index contributed by atoms with van der Waals surface area (Å²) in [5, 5.41) is 7.25. The lowest BCUT2D eigenvalue weighted by Gasteiger charge is -2.38. The Hall–Kier alpha value is -3.65. The third-order valence-electron chi connectivity index (χ3n) is 6.58. The Labute approximate surface area is 197 Å². The molecule has 6 rings (SSSR count). The monoisotopic (exact) mass is 455 g/mol. The first kappa shape index (κ1) is 20.9. The zero-order chi connectivity index (χ0) is 23.1. The van der Waals surface area contributed by atoms with Gasteiger partial charge >= 0.3 is 0 Å². The standard InChI is InChI=1S/C26H26FN7/c1-16-24(27)30-11-12-34(16)26-23-20(17-7-8-17)14-28-15-21(23)32-25(33-26)18-9-10-29-22(13-18)31-19-5-3-2-4-6-19/h2-6,9-10,13-17,24,30H,7-8,11-12H2,1H3,(H,29,31)/t16-,24?/m1/s1. The van der Waals surface area contributed by atoms with Crippen LogP contribution in [0.5, 0.6) is 0 Å². The van der Waals surface area contributed by atoms with Crippen LogP contribution in [0.2, 0.25) is 0 Å². The predicted molar refractivity (Wildman–Crippen MR) is 132 cm³/mol. The van der Waals surface area contributed by atoms with E-state index >= 15 is 0 Å². The molecule has 0 radical (unpaired) electrons. The molecule has 2 aliphatic rings. The normalized spacial score (nSPS) is 20.5. The number of hydrogen-bond donors (Lipinski definition) is 2. The van der Waals surface area contributed by atoms with Crippen molar-refractivity contribution in [3.05, 3.63) is 66.6 Å². The summed E-state index contributed by atoms with van der Waals surface area (Å²) in [7, 11) is 0. The molecule has 1 saturated carbocycles. The Kier molecular flexibility index (Phi) is 5.30. The van der Waals surface area contributed by atoms with Crippen molar-refractivity contribution in [2.45, 2.75) is 38.0 Å². The number of nitrogens with one attached hydrogen (secondary N) is 2. The van der Waals surface area contributed by atoms with E-state index in [1.807, 2.05) is 55.6 Å². The smallest absolute Gasteiger partial charge is 0.171 e. The minimum Gasteiger partial charge on any atom is -0.348 e. The van der Waals surface area contributed by atoms with E-state index in [1.54, 1.807) is 12.4 Å². The molecule has 8 heteroatoms. The van der Waals surface area contributed by atoms with Gasteiger partial charge in [0, 0.05) is 42.1 Å². The van der Waals surface area contributed by atoms with Crippen LogP contribution in [0.1, 0.15) is 31.2 Å². The maximum Gasteiger partial charge on any atom is 0.171 e. The minimum atomic E-state index is -1.11. The largest absolute Gasteiger partial charge is 0.348 e. The fourth-order valence-electron chi connectivity index (χ4n) is 4.59. The molecule has 1 saturated heterocycles. The Bertz CT molecular complexity index is 1330. The fourth-order valence-corrected chi connectivity index (χ4v) is 4.59. The van der Waals surface area contributed by atoms with Gasteiger partial charge in [0.1, 0.15) is 11.6 Å². The molecule has 1 aliphatic carbocycles. The lowest BCUT2D eigenvalue weighted by atomic mass is 10.1. The van der Waals surface area contributed by atoms with Crippen LogP contribution in [0.25, 0.3) is 22.3 Å². The number of fused-ring (bicyclic) bond motifs is 1. The highest BCUT2D eigenvalue weighted by Crippen LogP contribution is 2.45. The van der Waals surface area contributed by atoms with Crippen LogP contribution in [-0.2, 0) is 0 Å². The van der Waals surface area contributed by atoms with Crippen molar-refractivity contribution in [2.24, 2.45) is 0 Å². The number of benzene rings is 1. The summed E-state index contributed by atoms with van der Waals surface area (Å²) in [5.41, 5.74) is 3.75. The van der Waals surface area contributed by atoms with E-state index < -0.39 is 6.30 Å². The molecule has 7 nitrogen and oxygen atoms in total. The highest BCUT2D eigenvalue weighted by Gasteiger charge is 2.33. The van der Waals surface area contributed by atoms with Gasteiger partial charge in [0.05, 0.1) is 17.8 Å². The lowest BCUT2D eigenvalue weighted by Crippen LogP contribution is -2.55. The molecule has 4 heterocycles. The van der Waals surface area contributed by atoms with Crippen LogP contribution in [0.15, 0.2) is 61.1 Å². The van der Waals surface area contributed by atoms with E-state index in [2.05, 4.69) is 25.5 Å². The Morgan fingerprint density at radius 1 is 1.09 bits per heavy atom. The van der Waals surface area contributed by atoms with E-state index in [1.165, 1.54) is 5.56 Å². The number of halogens is 1. The number of alkyl halides is 1. The number of nitrogens with zero attached hydrogens (tertiary/aromatic N) is 5. The van der Waals surface area contributed by atoms with Gasteiger partial charge in [-0.25, -0.2) is 19.3 Å². The highest BCUT2D eigenvalue weighted by molar-refractivity contribution is 5.94. The molecule has 2 N–H and O–H groups in total. The number of aromatic nitrogens is 4.